The first kappa shape index (κ1) is 10.6. The van der Waals surface area contributed by atoms with Crippen molar-refractivity contribution >= 4 is 17.5 Å². The third-order valence-electron chi connectivity index (χ3n) is 1.77. The van der Waals surface area contributed by atoms with Gasteiger partial charge < -0.3 is 5.32 Å². The minimum absolute atomic E-state index is 0.0295. The normalized spacial score (nSPS) is 9.14. The Kier molecular flexibility index (Phi) is 4.03. The first-order valence-corrected chi connectivity index (χ1v) is 4.68. The molecule has 0 bridgehead atoms. The van der Waals surface area contributed by atoms with Crippen molar-refractivity contribution in [3.63, 3.8) is 0 Å². The molecule has 0 aliphatic carbocycles. The van der Waals surface area contributed by atoms with E-state index in [4.69, 9.17) is 18.0 Å². The zero-order valence-electron chi connectivity index (χ0n) is 7.59. The van der Waals surface area contributed by atoms with Crippen molar-refractivity contribution in [3.8, 4) is 12.3 Å². The quantitative estimate of drug-likeness (QED) is 0.591. The highest BCUT2D eigenvalue weighted by atomic mass is 35.5. The highest BCUT2D eigenvalue weighted by Gasteiger charge is 2.01. The van der Waals surface area contributed by atoms with E-state index in [0.717, 1.165) is 11.1 Å². The lowest BCUT2D eigenvalue weighted by atomic mass is 10.1. The van der Waals surface area contributed by atoms with Gasteiger partial charge in [0.1, 0.15) is 5.88 Å². The lowest BCUT2D eigenvalue weighted by Crippen LogP contribution is -2.24. The van der Waals surface area contributed by atoms with Crippen LogP contribution in [0.25, 0.3) is 0 Å². The Balaban J connectivity index is 2.68. The van der Waals surface area contributed by atoms with Crippen LogP contribution in [0.5, 0.6) is 0 Å². The predicted octanol–water partition coefficient (Wildman–Crippen LogP) is 1.52. The van der Waals surface area contributed by atoms with Crippen LogP contribution in [-0.4, -0.2) is 11.8 Å². The number of rotatable bonds is 3. The van der Waals surface area contributed by atoms with Gasteiger partial charge in [0.15, 0.2) is 0 Å². The molecular weight excluding hydrogens is 198 g/mol. The standard InChI is InChI=1S/C11H10ClNO/c1-2-9-5-3-4-6-10(9)8-13-11(14)7-12/h1,3-6H,7-8H2,(H,13,14). The first-order chi connectivity index (χ1) is 6.77. The van der Waals surface area contributed by atoms with Gasteiger partial charge in [-0.05, 0) is 11.6 Å². The van der Waals surface area contributed by atoms with Gasteiger partial charge in [0, 0.05) is 12.1 Å². The minimum Gasteiger partial charge on any atom is -0.351 e. The molecule has 1 aromatic rings. The van der Waals surface area contributed by atoms with Crippen LogP contribution in [0.4, 0.5) is 0 Å². The average Bonchev–Trinajstić information content (AvgIpc) is 2.26. The van der Waals surface area contributed by atoms with E-state index in [9.17, 15) is 4.79 Å². The zero-order valence-corrected chi connectivity index (χ0v) is 8.34. The van der Waals surface area contributed by atoms with E-state index in [1.54, 1.807) is 0 Å². The first-order valence-electron chi connectivity index (χ1n) is 4.15. The lowest BCUT2D eigenvalue weighted by Gasteiger charge is -2.05. The maximum absolute atomic E-state index is 10.9. The molecule has 3 heteroatoms. The molecule has 14 heavy (non-hydrogen) atoms. The molecule has 0 atom stereocenters. The van der Waals surface area contributed by atoms with Gasteiger partial charge in [0.2, 0.25) is 5.91 Å². The number of benzene rings is 1. The Labute approximate surface area is 88.3 Å². The van der Waals surface area contributed by atoms with Crippen LogP contribution in [0.3, 0.4) is 0 Å². The summed E-state index contributed by atoms with van der Waals surface area (Å²) in [6, 6.07) is 7.46. The molecule has 72 valence electrons. The molecule has 0 unspecified atom stereocenters. The molecule has 0 fully saturated rings. The van der Waals surface area contributed by atoms with Crippen LogP contribution in [0, 0.1) is 12.3 Å². The molecule has 1 rings (SSSR count). The minimum atomic E-state index is -0.196. The van der Waals surface area contributed by atoms with Crippen LogP contribution < -0.4 is 5.32 Å². The van der Waals surface area contributed by atoms with Gasteiger partial charge in [-0.3, -0.25) is 4.79 Å². The monoisotopic (exact) mass is 207 g/mol. The van der Waals surface area contributed by atoms with E-state index in [2.05, 4.69) is 11.2 Å². The summed E-state index contributed by atoms with van der Waals surface area (Å²) in [5.41, 5.74) is 1.72. The maximum Gasteiger partial charge on any atom is 0.235 e. The van der Waals surface area contributed by atoms with Crippen molar-refractivity contribution in [2.24, 2.45) is 0 Å². The molecule has 0 aliphatic heterocycles. The SMILES string of the molecule is C#Cc1ccccc1CNC(=O)CCl. The second-order valence-corrected chi connectivity index (χ2v) is 2.98. The number of hydrogen-bond donors (Lipinski definition) is 1. The summed E-state index contributed by atoms with van der Waals surface area (Å²) in [4.78, 5) is 10.9. The van der Waals surface area contributed by atoms with Crippen molar-refractivity contribution in [1.82, 2.24) is 5.32 Å². The molecule has 1 amide bonds. The summed E-state index contributed by atoms with van der Waals surface area (Å²) in [6.45, 7) is 0.423. The Morgan fingerprint density at radius 1 is 1.50 bits per heavy atom. The van der Waals surface area contributed by atoms with E-state index in [-0.39, 0.29) is 11.8 Å². The Morgan fingerprint density at radius 2 is 2.21 bits per heavy atom. The van der Waals surface area contributed by atoms with Crippen LogP contribution in [0.2, 0.25) is 0 Å². The number of halogens is 1. The maximum atomic E-state index is 10.9. The van der Waals surface area contributed by atoms with Gasteiger partial charge in [-0.2, -0.15) is 0 Å². The summed E-state index contributed by atoms with van der Waals surface area (Å²) in [6.07, 6.45) is 5.30. The fourth-order valence-corrected chi connectivity index (χ4v) is 1.15. The topological polar surface area (TPSA) is 29.1 Å². The number of carbonyl (C=O) groups excluding carboxylic acids is 1. The summed E-state index contributed by atoms with van der Waals surface area (Å²) >= 11 is 5.34. The molecule has 0 saturated carbocycles. The van der Waals surface area contributed by atoms with Crippen molar-refractivity contribution in [2.45, 2.75) is 6.54 Å². The third-order valence-corrected chi connectivity index (χ3v) is 2.01. The highest BCUT2D eigenvalue weighted by molar-refractivity contribution is 6.27. The van der Waals surface area contributed by atoms with E-state index in [0.29, 0.717) is 6.54 Å². The summed E-state index contributed by atoms with van der Waals surface area (Å²) < 4.78 is 0. The van der Waals surface area contributed by atoms with Crippen LogP contribution in [0.15, 0.2) is 24.3 Å². The molecule has 0 radical (unpaired) electrons. The van der Waals surface area contributed by atoms with Crippen LogP contribution >= 0.6 is 11.6 Å². The fraction of sp³-hybridized carbons (Fsp3) is 0.182. The fourth-order valence-electron chi connectivity index (χ4n) is 1.06. The molecule has 1 aromatic carbocycles. The summed E-state index contributed by atoms with van der Waals surface area (Å²) in [5, 5.41) is 2.66. The van der Waals surface area contributed by atoms with E-state index < -0.39 is 0 Å². The number of amides is 1. The van der Waals surface area contributed by atoms with Gasteiger partial charge in [-0.15, -0.1) is 18.0 Å². The second kappa shape index (κ2) is 5.31. The second-order valence-electron chi connectivity index (χ2n) is 2.71. The van der Waals surface area contributed by atoms with Crippen LogP contribution in [0.1, 0.15) is 11.1 Å². The van der Waals surface area contributed by atoms with Gasteiger partial charge >= 0.3 is 0 Å². The number of hydrogen-bond acceptors (Lipinski definition) is 1. The molecule has 0 spiro atoms. The molecule has 0 heterocycles. The molecule has 1 N–H and O–H groups in total. The lowest BCUT2D eigenvalue weighted by molar-refractivity contribution is -0.118. The van der Waals surface area contributed by atoms with Gasteiger partial charge in [-0.1, -0.05) is 24.1 Å². The third kappa shape index (κ3) is 2.79. The number of carbonyl (C=O) groups is 1. The van der Waals surface area contributed by atoms with Crippen LogP contribution in [-0.2, 0) is 11.3 Å². The summed E-state index contributed by atoms with van der Waals surface area (Å²) in [7, 11) is 0. The van der Waals surface area contributed by atoms with Crippen molar-refractivity contribution in [3.05, 3.63) is 35.4 Å². The van der Waals surface area contributed by atoms with Crippen molar-refractivity contribution < 1.29 is 4.79 Å². The zero-order chi connectivity index (χ0) is 10.4. The van der Waals surface area contributed by atoms with E-state index in [1.165, 1.54) is 0 Å². The van der Waals surface area contributed by atoms with Crippen molar-refractivity contribution in [2.75, 3.05) is 5.88 Å². The Hall–Kier alpha value is -1.46. The molecule has 0 aliphatic rings. The van der Waals surface area contributed by atoms with Crippen molar-refractivity contribution in [1.29, 1.82) is 0 Å². The molecule has 0 saturated heterocycles. The number of terminal acetylenes is 1. The molecule has 0 aromatic heterocycles. The van der Waals surface area contributed by atoms with Gasteiger partial charge in [0.25, 0.3) is 0 Å². The van der Waals surface area contributed by atoms with E-state index in [1.807, 2.05) is 24.3 Å². The molecular formula is C11H10ClNO. The van der Waals surface area contributed by atoms with E-state index >= 15 is 0 Å². The average molecular weight is 208 g/mol. The predicted molar refractivity (Wildman–Crippen MR) is 56.9 cm³/mol. The largest absolute Gasteiger partial charge is 0.351 e. The molecule has 2 nitrogen and oxygen atoms in total. The number of alkyl halides is 1. The smallest absolute Gasteiger partial charge is 0.235 e. The van der Waals surface area contributed by atoms with Gasteiger partial charge in [0.05, 0.1) is 0 Å². The highest BCUT2D eigenvalue weighted by Crippen LogP contribution is 2.06. The summed E-state index contributed by atoms with van der Waals surface area (Å²) in [5.74, 6) is 2.33. The Morgan fingerprint density at radius 3 is 2.86 bits per heavy atom. The number of nitrogens with one attached hydrogen (secondary N) is 1. The van der Waals surface area contributed by atoms with Gasteiger partial charge in [-0.25, -0.2) is 0 Å². The Bertz CT molecular complexity index is 368.